The number of hydrogen-bond acceptors (Lipinski definition) is 5. The van der Waals surface area contributed by atoms with Gasteiger partial charge in [0.05, 0.1) is 26.5 Å². The molecule has 2 rings (SSSR count). The molecule has 0 saturated carbocycles. The van der Waals surface area contributed by atoms with Crippen LogP contribution in [0, 0.1) is 0 Å². The summed E-state index contributed by atoms with van der Waals surface area (Å²) < 4.78 is 15.6. The Kier molecular flexibility index (Phi) is 6.65. The van der Waals surface area contributed by atoms with Crippen LogP contribution in [-0.2, 0) is 9.59 Å². The van der Waals surface area contributed by atoms with Gasteiger partial charge in [0, 0.05) is 6.07 Å². The van der Waals surface area contributed by atoms with E-state index in [0.717, 1.165) is 0 Å². The fourth-order valence-corrected chi connectivity index (χ4v) is 2.00. The van der Waals surface area contributed by atoms with E-state index in [1.54, 1.807) is 30.3 Å². The van der Waals surface area contributed by atoms with Gasteiger partial charge in [0.15, 0.2) is 6.61 Å². The third-order valence-electron chi connectivity index (χ3n) is 3.24. The maximum atomic E-state index is 12.0. The number of rotatable bonds is 8. The molecule has 0 heterocycles. The van der Waals surface area contributed by atoms with Gasteiger partial charge < -0.3 is 24.8 Å². The van der Waals surface area contributed by atoms with Crippen molar-refractivity contribution in [3.8, 4) is 17.2 Å². The summed E-state index contributed by atoms with van der Waals surface area (Å²) in [6, 6.07) is 14.0. The van der Waals surface area contributed by atoms with Gasteiger partial charge in [0.1, 0.15) is 17.2 Å². The van der Waals surface area contributed by atoms with Gasteiger partial charge in [-0.25, -0.2) is 0 Å². The van der Waals surface area contributed by atoms with Crippen LogP contribution in [0.3, 0.4) is 0 Å². The molecule has 132 valence electrons. The van der Waals surface area contributed by atoms with E-state index in [4.69, 9.17) is 14.2 Å². The van der Waals surface area contributed by atoms with Crippen molar-refractivity contribution in [1.29, 1.82) is 0 Å². The maximum absolute atomic E-state index is 12.0. The molecule has 0 aliphatic carbocycles. The van der Waals surface area contributed by atoms with Crippen molar-refractivity contribution in [2.24, 2.45) is 0 Å². The van der Waals surface area contributed by atoms with Crippen LogP contribution in [0.5, 0.6) is 17.2 Å². The minimum absolute atomic E-state index is 0.167. The molecule has 0 aliphatic heterocycles. The third-order valence-corrected chi connectivity index (χ3v) is 3.24. The normalized spacial score (nSPS) is 9.84. The summed E-state index contributed by atoms with van der Waals surface area (Å²) in [5.41, 5.74) is 0.460. The molecule has 0 aliphatic rings. The lowest BCUT2D eigenvalue weighted by Gasteiger charge is -2.12. The van der Waals surface area contributed by atoms with Crippen LogP contribution in [-0.4, -0.2) is 39.2 Å². The van der Waals surface area contributed by atoms with Crippen LogP contribution in [0.1, 0.15) is 0 Å². The number of ether oxygens (including phenoxy) is 3. The number of nitrogens with one attached hydrogen (secondary N) is 2. The van der Waals surface area contributed by atoms with Gasteiger partial charge in [-0.2, -0.15) is 0 Å². The molecule has 7 heteroatoms. The lowest BCUT2D eigenvalue weighted by atomic mass is 10.2. The average molecular weight is 344 g/mol. The van der Waals surface area contributed by atoms with Crippen LogP contribution >= 0.6 is 0 Å². The molecule has 0 radical (unpaired) electrons. The standard InChI is InChI=1S/C18H20N2O5/c1-23-14-8-9-16(24-2)15(10-14)20-17(21)11-19-18(22)12-25-13-6-4-3-5-7-13/h3-10H,11-12H2,1-2H3,(H,19,22)(H,20,21). The van der Waals surface area contributed by atoms with Crippen molar-refractivity contribution in [3.05, 3.63) is 48.5 Å². The van der Waals surface area contributed by atoms with Gasteiger partial charge in [-0.1, -0.05) is 18.2 Å². The fraction of sp³-hybridized carbons (Fsp3) is 0.222. The highest BCUT2D eigenvalue weighted by atomic mass is 16.5. The molecule has 2 aromatic rings. The van der Waals surface area contributed by atoms with E-state index in [2.05, 4.69) is 10.6 Å². The lowest BCUT2D eigenvalue weighted by Crippen LogP contribution is -2.35. The predicted molar refractivity (Wildman–Crippen MR) is 93.1 cm³/mol. The van der Waals surface area contributed by atoms with Crippen molar-refractivity contribution in [2.45, 2.75) is 0 Å². The van der Waals surface area contributed by atoms with Crippen molar-refractivity contribution in [2.75, 3.05) is 32.7 Å². The third kappa shape index (κ3) is 5.72. The molecule has 0 atom stereocenters. The first kappa shape index (κ1) is 18.1. The molecule has 0 saturated heterocycles. The zero-order chi connectivity index (χ0) is 18.1. The largest absolute Gasteiger partial charge is 0.497 e. The van der Waals surface area contributed by atoms with Crippen LogP contribution in [0.4, 0.5) is 5.69 Å². The van der Waals surface area contributed by atoms with Crippen molar-refractivity contribution in [1.82, 2.24) is 5.32 Å². The summed E-state index contributed by atoms with van der Waals surface area (Å²) in [5.74, 6) is 0.878. The number of benzene rings is 2. The summed E-state index contributed by atoms with van der Waals surface area (Å²) >= 11 is 0. The van der Waals surface area contributed by atoms with Crippen LogP contribution in [0.2, 0.25) is 0 Å². The molecule has 25 heavy (non-hydrogen) atoms. The van der Waals surface area contributed by atoms with E-state index in [0.29, 0.717) is 22.9 Å². The Hall–Kier alpha value is -3.22. The molecule has 0 fully saturated rings. The van der Waals surface area contributed by atoms with E-state index in [1.165, 1.54) is 14.2 Å². The highest BCUT2D eigenvalue weighted by molar-refractivity contribution is 5.96. The molecule has 0 unspecified atom stereocenters. The quantitative estimate of drug-likeness (QED) is 0.763. The van der Waals surface area contributed by atoms with Gasteiger partial charge in [-0.05, 0) is 24.3 Å². The first-order valence-corrected chi connectivity index (χ1v) is 7.59. The fourth-order valence-electron chi connectivity index (χ4n) is 2.00. The average Bonchev–Trinajstić information content (AvgIpc) is 2.65. The van der Waals surface area contributed by atoms with Gasteiger partial charge >= 0.3 is 0 Å². The molecule has 2 amide bonds. The van der Waals surface area contributed by atoms with E-state index < -0.39 is 5.91 Å². The number of amides is 2. The van der Waals surface area contributed by atoms with E-state index in [9.17, 15) is 9.59 Å². The molecule has 7 nitrogen and oxygen atoms in total. The second kappa shape index (κ2) is 9.17. The highest BCUT2D eigenvalue weighted by Crippen LogP contribution is 2.28. The number of hydrogen-bond donors (Lipinski definition) is 2. The Labute approximate surface area is 145 Å². The van der Waals surface area contributed by atoms with Crippen LogP contribution in [0.25, 0.3) is 0 Å². The van der Waals surface area contributed by atoms with Crippen LogP contribution in [0.15, 0.2) is 48.5 Å². The second-order valence-electron chi connectivity index (χ2n) is 4.99. The zero-order valence-electron chi connectivity index (χ0n) is 14.1. The molecular weight excluding hydrogens is 324 g/mol. The van der Waals surface area contributed by atoms with Gasteiger partial charge in [0.25, 0.3) is 5.91 Å². The highest BCUT2D eigenvalue weighted by Gasteiger charge is 2.10. The van der Waals surface area contributed by atoms with Gasteiger partial charge in [-0.3, -0.25) is 9.59 Å². The Morgan fingerprint density at radius 3 is 2.36 bits per heavy atom. The Morgan fingerprint density at radius 2 is 1.68 bits per heavy atom. The molecule has 0 bridgehead atoms. The number of carbonyl (C=O) groups is 2. The Morgan fingerprint density at radius 1 is 0.920 bits per heavy atom. The minimum atomic E-state index is -0.392. The second-order valence-corrected chi connectivity index (χ2v) is 4.99. The molecule has 2 N–H and O–H groups in total. The number of para-hydroxylation sites is 1. The number of carbonyl (C=O) groups excluding carboxylic acids is 2. The number of anilines is 1. The SMILES string of the molecule is COc1ccc(OC)c(NC(=O)CNC(=O)COc2ccccc2)c1. The monoisotopic (exact) mass is 344 g/mol. The van der Waals surface area contributed by atoms with Gasteiger partial charge in [0.2, 0.25) is 5.91 Å². The summed E-state index contributed by atoms with van der Waals surface area (Å²) in [6.45, 7) is -0.350. The van der Waals surface area contributed by atoms with E-state index in [-0.39, 0.29) is 19.1 Å². The Balaban J connectivity index is 1.81. The molecule has 0 spiro atoms. The van der Waals surface area contributed by atoms with E-state index in [1.807, 2.05) is 18.2 Å². The summed E-state index contributed by atoms with van der Waals surface area (Å²) in [6.07, 6.45) is 0. The van der Waals surface area contributed by atoms with Crippen molar-refractivity contribution < 1.29 is 23.8 Å². The lowest BCUT2D eigenvalue weighted by molar-refractivity contribution is -0.125. The summed E-state index contributed by atoms with van der Waals surface area (Å²) in [5, 5.41) is 5.16. The predicted octanol–water partition coefficient (Wildman–Crippen LogP) is 1.84. The van der Waals surface area contributed by atoms with Crippen LogP contribution < -0.4 is 24.8 Å². The zero-order valence-corrected chi connectivity index (χ0v) is 14.1. The first-order chi connectivity index (χ1) is 12.1. The molecule has 0 aromatic heterocycles. The smallest absolute Gasteiger partial charge is 0.258 e. The summed E-state index contributed by atoms with van der Waals surface area (Å²) in [4.78, 5) is 23.7. The van der Waals surface area contributed by atoms with Gasteiger partial charge in [-0.15, -0.1) is 0 Å². The first-order valence-electron chi connectivity index (χ1n) is 7.59. The Bertz CT molecular complexity index is 719. The van der Waals surface area contributed by atoms with E-state index >= 15 is 0 Å². The minimum Gasteiger partial charge on any atom is -0.497 e. The van der Waals surface area contributed by atoms with Crippen molar-refractivity contribution >= 4 is 17.5 Å². The topological polar surface area (TPSA) is 85.9 Å². The molecular formula is C18H20N2O5. The van der Waals surface area contributed by atoms with Crippen molar-refractivity contribution in [3.63, 3.8) is 0 Å². The molecule has 2 aromatic carbocycles. The number of methoxy groups -OCH3 is 2. The maximum Gasteiger partial charge on any atom is 0.258 e. The summed E-state index contributed by atoms with van der Waals surface area (Å²) in [7, 11) is 3.03.